The van der Waals surface area contributed by atoms with E-state index in [2.05, 4.69) is 10.6 Å². The molecule has 0 aromatic heterocycles. The zero-order valence-electron chi connectivity index (χ0n) is 11.2. The van der Waals surface area contributed by atoms with E-state index in [0.717, 1.165) is 6.42 Å². The van der Waals surface area contributed by atoms with Crippen molar-refractivity contribution in [3.8, 4) is 0 Å². The average molecular weight is 272 g/mol. The number of Topliss-reactive ketones (excluding diaryl/α,β-unsaturated/α-hetero) is 1. The summed E-state index contributed by atoms with van der Waals surface area (Å²) in [5.41, 5.74) is 0.163. The number of allylic oxidation sites excluding steroid dienone is 1. The number of thioether (sulfide) groups is 1. The van der Waals surface area contributed by atoms with Gasteiger partial charge in [-0.15, -0.1) is 11.8 Å². The molecule has 0 fully saturated rings. The van der Waals surface area contributed by atoms with Crippen LogP contribution in [0.3, 0.4) is 0 Å². The molecule has 1 atom stereocenters. The fourth-order valence-electron chi connectivity index (χ4n) is 1.34. The summed E-state index contributed by atoms with van der Waals surface area (Å²) in [7, 11) is 0. The average Bonchev–Trinajstić information content (AvgIpc) is 2.63. The maximum absolute atomic E-state index is 11.4. The van der Waals surface area contributed by atoms with E-state index in [9.17, 15) is 9.59 Å². The third-order valence-electron chi connectivity index (χ3n) is 2.12. The summed E-state index contributed by atoms with van der Waals surface area (Å²) in [5.74, 6) is 0.0325. The van der Waals surface area contributed by atoms with Crippen LogP contribution < -0.4 is 10.6 Å². The summed E-state index contributed by atoms with van der Waals surface area (Å²) in [4.78, 5) is 22.5. The monoisotopic (exact) mass is 272 g/mol. The molecule has 0 aromatic rings. The van der Waals surface area contributed by atoms with Crippen molar-refractivity contribution in [3.63, 3.8) is 0 Å². The van der Waals surface area contributed by atoms with E-state index in [-0.39, 0.29) is 11.2 Å². The van der Waals surface area contributed by atoms with Crippen molar-refractivity contribution in [3.05, 3.63) is 11.1 Å². The maximum Gasteiger partial charge on any atom is 0.407 e. The van der Waals surface area contributed by atoms with Gasteiger partial charge in [0.15, 0.2) is 5.78 Å². The van der Waals surface area contributed by atoms with E-state index in [0.29, 0.717) is 12.2 Å². The van der Waals surface area contributed by atoms with Gasteiger partial charge in [-0.25, -0.2) is 4.79 Å². The molecule has 1 aliphatic rings. The van der Waals surface area contributed by atoms with Crippen molar-refractivity contribution in [2.45, 2.75) is 45.1 Å². The van der Waals surface area contributed by atoms with Gasteiger partial charge in [-0.1, -0.05) is 0 Å². The molecule has 1 heterocycles. The van der Waals surface area contributed by atoms with Crippen LogP contribution in [0.15, 0.2) is 11.1 Å². The fourth-order valence-corrected chi connectivity index (χ4v) is 2.32. The molecule has 1 amide bonds. The Bertz CT molecular complexity index is 361. The van der Waals surface area contributed by atoms with Gasteiger partial charge in [0.05, 0.1) is 11.1 Å². The second kappa shape index (κ2) is 6.13. The van der Waals surface area contributed by atoms with Crippen LogP contribution >= 0.6 is 11.8 Å². The van der Waals surface area contributed by atoms with Crippen LogP contribution in [-0.2, 0) is 9.53 Å². The molecule has 1 rings (SSSR count). The summed E-state index contributed by atoms with van der Waals surface area (Å²) in [6.45, 7) is 7.51. The highest BCUT2D eigenvalue weighted by Gasteiger charge is 2.20. The molecule has 1 unspecified atom stereocenters. The van der Waals surface area contributed by atoms with Crippen molar-refractivity contribution in [2.24, 2.45) is 0 Å². The lowest BCUT2D eigenvalue weighted by atomic mass is 10.2. The highest BCUT2D eigenvalue weighted by atomic mass is 32.2. The summed E-state index contributed by atoms with van der Waals surface area (Å²) in [6, 6.07) is 0. The number of amides is 1. The Morgan fingerprint density at radius 1 is 1.50 bits per heavy atom. The summed E-state index contributed by atoms with van der Waals surface area (Å²) in [5, 5.41) is 7.74. The predicted octanol–water partition coefficient (Wildman–Crippen LogP) is 1.99. The van der Waals surface area contributed by atoms with Gasteiger partial charge in [0.2, 0.25) is 0 Å². The number of rotatable bonds is 4. The van der Waals surface area contributed by atoms with Gasteiger partial charge >= 0.3 is 6.09 Å². The number of ether oxygens (including phenoxy) is 1. The van der Waals surface area contributed by atoms with Crippen LogP contribution in [0.5, 0.6) is 0 Å². The molecule has 0 bridgehead atoms. The molecule has 0 saturated heterocycles. The van der Waals surface area contributed by atoms with E-state index >= 15 is 0 Å². The van der Waals surface area contributed by atoms with Crippen LogP contribution in [0.4, 0.5) is 4.79 Å². The first kappa shape index (κ1) is 14.9. The Balaban J connectivity index is 2.17. The van der Waals surface area contributed by atoms with Gasteiger partial charge in [-0.05, 0) is 32.6 Å². The molecule has 0 saturated carbocycles. The first-order valence-corrected chi connectivity index (χ1v) is 6.82. The molecule has 18 heavy (non-hydrogen) atoms. The molecular weight excluding hydrogens is 252 g/mol. The lowest BCUT2D eigenvalue weighted by Crippen LogP contribution is -2.35. The van der Waals surface area contributed by atoms with Gasteiger partial charge in [-0.2, -0.15) is 0 Å². The van der Waals surface area contributed by atoms with Gasteiger partial charge in [0.25, 0.3) is 0 Å². The van der Waals surface area contributed by atoms with Gasteiger partial charge in [0, 0.05) is 13.5 Å². The number of carbonyl (C=O) groups is 2. The zero-order chi connectivity index (χ0) is 13.8. The third-order valence-corrected chi connectivity index (χ3v) is 3.17. The van der Waals surface area contributed by atoms with E-state index in [4.69, 9.17) is 4.74 Å². The molecule has 0 aromatic carbocycles. The highest BCUT2D eigenvalue weighted by molar-refractivity contribution is 8.03. The molecular formula is C12H20N2O3S. The first-order chi connectivity index (χ1) is 8.28. The zero-order valence-corrected chi connectivity index (χ0v) is 12.0. The normalized spacial score (nSPS) is 18.9. The number of hydrogen-bond acceptors (Lipinski definition) is 5. The van der Waals surface area contributed by atoms with Crippen LogP contribution in [0.1, 0.15) is 34.1 Å². The van der Waals surface area contributed by atoms with E-state index < -0.39 is 11.7 Å². The van der Waals surface area contributed by atoms with E-state index in [1.54, 1.807) is 11.8 Å². The van der Waals surface area contributed by atoms with Gasteiger partial charge in [-0.3, -0.25) is 4.79 Å². The molecule has 0 spiro atoms. The quantitative estimate of drug-likeness (QED) is 0.819. The second-order valence-corrected chi connectivity index (χ2v) is 6.15. The highest BCUT2D eigenvalue weighted by Crippen LogP contribution is 2.23. The number of ketones is 1. The minimum Gasteiger partial charge on any atom is -0.444 e. The minimum atomic E-state index is -0.478. The molecule has 5 nitrogen and oxygen atoms in total. The van der Waals surface area contributed by atoms with E-state index in [1.165, 1.54) is 6.92 Å². The summed E-state index contributed by atoms with van der Waals surface area (Å²) >= 11 is 1.56. The predicted molar refractivity (Wildman–Crippen MR) is 72.1 cm³/mol. The van der Waals surface area contributed by atoms with Crippen molar-refractivity contribution in [1.29, 1.82) is 0 Å². The first-order valence-electron chi connectivity index (χ1n) is 5.88. The molecule has 0 radical (unpaired) electrons. The second-order valence-electron chi connectivity index (χ2n) is 5.07. The lowest BCUT2D eigenvalue weighted by Gasteiger charge is -2.20. The van der Waals surface area contributed by atoms with Crippen LogP contribution in [0.25, 0.3) is 0 Å². The smallest absolute Gasteiger partial charge is 0.407 e. The Morgan fingerprint density at radius 3 is 2.67 bits per heavy atom. The van der Waals surface area contributed by atoms with Crippen molar-refractivity contribution in [2.75, 3.05) is 6.54 Å². The Hall–Kier alpha value is -1.17. The standard InChI is InChI=1S/C12H20N2O3S/c1-8(15)9-7-18-10(14-9)5-6-13-11(16)17-12(2,3)4/h7,10,14H,5-6H2,1-4H3,(H,13,16). The molecule has 6 heteroatoms. The van der Waals surface area contributed by atoms with Gasteiger partial charge in [0.1, 0.15) is 5.60 Å². The maximum atomic E-state index is 11.4. The van der Waals surface area contributed by atoms with Crippen LogP contribution in [-0.4, -0.2) is 29.4 Å². The van der Waals surface area contributed by atoms with Crippen LogP contribution in [0, 0.1) is 0 Å². The number of alkyl carbamates (subject to hydrolysis) is 1. The Labute approximate surface area is 112 Å². The number of hydrogen-bond donors (Lipinski definition) is 2. The lowest BCUT2D eigenvalue weighted by molar-refractivity contribution is -0.113. The largest absolute Gasteiger partial charge is 0.444 e. The topological polar surface area (TPSA) is 67.4 Å². The molecule has 1 aliphatic heterocycles. The number of carbonyl (C=O) groups excluding carboxylic acids is 2. The van der Waals surface area contributed by atoms with Gasteiger partial charge < -0.3 is 15.4 Å². The molecule has 0 aliphatic carbocycles. The summed E-state index contributed by atoms with van der Waals surface area (Å²) < 4.78 is 5.12. The third kappa shape index (κ3) is 5.44. The van der Waals surface area contributed by atoms with Crippen molar-refractivity contribution < 1.29 is 14.3 Å². The van der Waals surface area contributed by atoms with Crippen molar-refractivity contribution >= 4 is 23.6 Å². The van der Waals surface area contributed by atoms with Crippen LogP contribution in [0.2, 0.25) is 0 Å². The van der Waals surface area contributed by atoms with E-state index in [1.807, 2.05) is 26.2 Å². The molecule has 102 valence electrons. The van der Waals surface area contributed by atoms with Crippen molar-refractivity contribution in [1.82, 2.24) is 10.6 Å². The Morgan fingerprint density at radius 2 is 2.17 bits per heavy atom. The molecule has 2 N–H and O–H groups in total. The Kier molecular flexibility index (Phi) is 5.07. The number of nitrogens with one attached hydrogen (secondary N) is 2. The minimum absolute atomic E-state index is 0.0325. The SMILES string of the molecule is CC(=O)C1=CSC(CCNC(=O)OC(C)(C)C)N1. The summed E-state index contributed by atoms with van der Waals surface area (Å²) in [6.07, 6.45) is 0.322. The fraction of sp³-hybridized carbons (Fsp3) is 0.667.